The molecule has 0 aliphatic heterocycles. The topological polar surface area (TPSA) is 24.9 Å². The number of halogens is 2. The molecule has 0 atom stereocenters. The molecule has 0 bridgehead atoms. The van der Waals surface area contributed by atoms with E-state index in [1.165, 1.54) is 6.07 Å². The molecule has 0 unspecified atom stereocenters. The van der Waals surface area contributed by atoms with Crippen molar-refractivity contribution in [3.05, 3.63) is 34.7 Å². The van der Waals surface area contributed by atoms with Crippen LogP contribution in [-0.2, 0) is 0 Å². The summed E-state index contributed by atoms with van der Waals surface area (Å²) in [5.74, 6) is -0.305. The highest BCUT2D eigenvalue weighted by atomic mass is 79.9. The van der Waals surface area contributed by atoms with Gasteiger partial charge in [0.25, 0.3) is 0 Å². The quantitative estimate of drug-likeness (QED) is 0.846. The summed E-state index contributed by atoms with van der Waals surface area (Å²) in [6.45, 7) is 0. The van der Waals surface area contributed by atoms with Gasteiger partial charge in [-0.1, -0.05) is 15.9 Å². The second-order valence-electron chi connectivity index (χ2n) is 2.86. The van der Waals surface area contributed by atoms with Crippen LogP contribution >= 0.6 is 15.9 Å². The van der Waals surface area contributed by atoms with Gasteiger partial charge < -0.3 is 5.32 Å². The molecule has 72 valence electrons. The molecule has 1 N–H and O–H groups in total. The van der Waals surface area contributed by atoms with Crippen LogP contribution in [0.5, 0.6) is 0 Å². The summed E-state index contributed by atoms with van der Waals surface area (Å²) in [4.78, 5) is 4.01. The first-order valence-electron chi connectivity index (χ1n) is 4.14. The maximum Gasteiger partial charge on any atom is 0.149 e. The molecule has 2 rings (SSSR count). The van der Waals surface area contributed by atoms with Crippen molar-refractivity contribution in [2.75, 3.05) is 12.4 Å². The average Bonchev–Trinajstić information content (AvgIpc) is 2.23. The molecule has 1 heterocycles. The van der Waals surface area contributed by atoms with Crippen LogP contribution in [-0.4, -0.2) is 12.0 Å². The largest absolute Gasteiger partial charge is 0.387 e. The Labute approximate surface area is 89.3 Å². The zero-order valence-electron chi connectivity index (χ0n) is 7.51. The third kappa shape index (κ3) is 1.35. The second-order valence-corrected chi connectivity index (χ2v) is 3.72. The minimum Gasteiger partial charge on any atom is -0.387 e. The van der Waals surface area contributed by atoms with Crippen molar-refractivity contribution in [3.63, 3.8) is 0 Å². The zero-order valence-corrected chi connectivity index (χ0v) is 9.10. The Hall–Kier alpha value is -1.16. The van der Waals surface area contributed by atoms with Crippen LogP contribution < -0.4 is 5.32 Å². The van der Waals surface area contributed by atoms with Gasteiger partial charge in [0, 0.05) is 28.8 Å². The van der Waals surface area contributed by atoms with Crippen molar-refractivity contribution in [2.24, 2.45) is 0 Å². The van der Waals surface area contributed by atoms with Crippen molar-refractivity contribution in [3.8, 4) is 0 Å². The molecular formula is C10H8BrFN2. The maximum atomic E-state index is 13.4. The van der Waals surface area contributed by atoms with E-state index in [0.717, 1.165) is 15.5 Å². The van der Waals surface area contributed by atoms with Crippen LogP contribution in [0.4, 0.5) is 10.1 Å². The van der Waals surface area contributed by atoms with Gasteiger partial charge in [0.1, 0.15) is 11.3 Å². The highest BCUT2D eigenvalue weighted by Gasteiger charge is 2.08. The number of nitrogens with one attached hydrogen (secondary N) is 1. The predicted molar refractivity (Wildman–Crippen MR) is 58.9 cm³/mol. The molecule has 0 aliphatic carbocycles. The van der Waals surface area contributed by atoms with Gasteiger partial charge in [-0.25, -0.2) is 4.39 Å². The first kappa shape index (κ1) is 9.40. The van der Waals surface area contributed by atoms with Crippen LogP contribution in [0.15, 0.2) is 28.9 Å². The van der Waals surface area contributed by atoms with Gasteiger partial charge in [0.15, 0.2) is 0 Å². The van der Waals surface area contributed by atoms with Crippen LogP contribution in [0.25, 0.3) is 10.9 Å². The van der Waals surface area contributed by atoms with Gasteiger partial charge in [-0.2, -0.15) is 0 Å². The van der Waals surface area contributed by atoms with E-state index >= 15 is 0 Å². The molecule has 2 aromatic rings. The average molecular weight is 255 g/mol. The molecule has 1 aromatic carbocycles. The second kappa shape index (κ2) is 3.53. The number of hydrogen-bond donors (Lipinski definition) is 1. The van der Waals surface area contributed by atoms with E-state index < -0.39 is 0 Å². The Morgan fingerprint density at radius 2 is 2.14 bits per heavy atom. The number of nitrogens with zero attached hydrogens (tertiary/aromatic N) is 1. The third-order valence-electron chi connectivity index (χ3n) is 2.06. The van der Waals surface area contributed by atoms with Gasteiger partial charge >= 0.3 is 0 Å². The summed E-state index contributed by atoms with van der Waals surface area (Å²) < 4.78 is 14.2. The van der Waals surface area contributed by atoms with Gasteiger partial charge in [-0.3, -0.25) is 4.98 Å². The van der Waals surface area contributed by atoms with E-state index in [0.29, 0.717) is 5.52 Å². The monoisotopic (exact) mass is 254 g/mol. The summed E-state index contributed by atoms with van der Waals surface area (Å²) in [5.41, 5.74) is 1.24. The minimum atomic E-state index is -0.305. The Balaban J connectivity index is 2.92. The molecule has 1 aromatic heterocycles. The Morgan fingerprint density at radius 3 is 2.86 bits per heavy atom. The highest BCUT2D eigenvalue weighted by molar-refractivity contribution is 9.10. The van der Waals surface area contributed by atoms with E-state index in [1.54, 1.807) is 19.3 Å². The smallest absolute Gasteiger partial charge is 0.149 e. The van der Waals surface area contributed by atoms with E-state index in [4.69, 9.17) is 0 Å². The number of hydrogen-bond acceptors (Lipinski definition) is 2. The maximum absolute atomic E-state index is 13.4. The molecule has 0 aliphatic rings. The van der Waals surface area contributed by atoms with Gasteiger partial charge in [0.05, 0.1) is 0 Å². The van der Waals surface area contributed by atoms with E-state index in [9.17, 15) is 4.39 Å². The number of pyridine rings is 1. The van der Waals surface area contributed by atoms with Crippen molar-refractivity contribution in [1.29, 1.82) is 0 Å². The zero-order chi connectivity index (χ0) is 10.1. The molecule has 14 heavy (non-hydrogen) atoms. The minimum absolute atomic E-state index is 0.305. The van der Waals surface area contributed by atoms with Crippen LogP contribution in [0.2, 0.25) is 0 Å². The summed E-state index contributed by atoms with van der Waals surface area (Å²) in [7, 11) is 1.80. The van der Waals surface area contributed by atoms with E-state index in [2.05, 4.69) is 26.2 Å². The normalized spacial score (nSPS) is 10.5. The number of benzene rings is 1. The van der Waals surface area contributed by atoms with Crippen molar-refractivity contribution in [1.82, 2.24) is 4.98 Å². The molecule has 0 saturated heterocycles. The molecule has 0 spiro atoms. The molecule has 0 radical (unpaired) electrons. The fourth-order valence-electron chi connectivity index (χ4n) is 1.40. The standard InChI is InChI=1S/C10H8BrFN2/c1-13-8-4-5-14-10-7(12)3-2-6(11)9(8)10/h2-5H,1H3,(H,13,14). The van der Waals surface area contributed by atoms with Crippen molar-refractivity contribution >= 4 is 32.5 Å². The summed E-state index contributed by atoms with van der Waals surface area (Å²) >= 11 is 3.38. The number of rotatable bonds is 1. The van der Waals surface area contributed by atoms with Gasteiger partial charge in [0.2, 0.25) is 0 Å². The lowest BCUT2D eigenvalue weighted by molar-refractivity contribution is 0.636. The Bertz CT molecular complexity index is 485. The number of aromatic nitrogens is 1. The number of anilines is 1. The fourth-order valence-corrected chi connectivity index (χ4v) is 1.94. The molecule has 0 saturated carbocycles. The predicted octanol–water partition coefficient (Wildman–Crippen LogP) is 3.18. The lowest BCUT2D eigenvalue weighted by Gasteiger charge is -2.07. The van der Waals surface area contributed by atoms with Crippen LogP contribution in [0, 0.1) is 5.82 Å². The lowest BCUT2D eigenvalue weighted by Crippen LogP contribution is -1.93. The first-order chi connectivity index (χ1) is 6.74. The van der Waals surface area contributed by atoms with E-state index in [-0.39, 0.29) is 5.82 Å². The molecular weight excluding hydrogens is 247 g/mol. The van der Waals surface area contributed by atoms with Crippen LogP contribution in [0.1, 0.15) is 0 Å². The van der Waals surface area contributed by atoms with Crippen LogP contribution in [0.3, 0.4) is 0 Å². The van der Waals surface area contributed by atoms with Gasteiger partial charge in [-0.15, -0.1) is 0 Å². The molecule has 2 nitrogen and oxygen atoms in total. The SMILES string of the molecule is CNc1ccnc2c(F)ccc(Br)c12. The van der Waals surface area contributed by atoms with Crippen molar-refractivity contribution in [2.45, 2.75) is 0 Å². The molecule has 0 amide bonds. The fraction of sp³-hybridized carbons (Fsp3) is 0.100. The lowest BCUT2D eigenvalue weighted by atomic mass is 10.2. The summed E-state index contributed by atoms with van der Waals surface area (Å²) in [6, 6.07) is 4.89. The highest BCUT2D eigenvalue weighted by Crippen LogP contribution is 2.30. The van der Waals surface area contributed by atoms with Gasteiger partial charge in [-0.05, 0) is 18.2 Å². The third-order valence-corrected chi connectivity index (χ3v) is 2.72. The molecule has 0 fully saturated rings. The first-order valence-corrected chi connectivity index (χ1v) is 4.94. The molecule has 4 heteroatoms. The number of fused-ring (bicyclic) bond motifs is 1. The summed E-state index contributed by atoms with van der Waals surface area (Å²) in [5, 5.41) is 3.77. The van der Waals surface area contributed by atoms with E-state index in [1.807, 2.05) is 6.07 Å². The van der Waals surface area contributed by atoms with Crippen molar-refractivity contribution < 1.29 is 4.39 Å². The Morgan fingerprint density at radius 1 is 1.36 bits per heavy atom. The Kier molecular flexibility index (Phi) is 2.37. The summed E-state index contributed by atoms with van der Waals surface area (Å²) in [6.07, 6.45) is 1.59.